The van der Waals surface area contributed by atoms with Crippen LogP contribution in [-0.4, -0.2) is 33.5 Å². The Kier molecular flexibility index (Phi) is 4.35. The van der Waals surface area contributed by atoms with Crippen molar-refractivity contribution in [2.75, 3.05) is 5.32 Å². The number of aromatic nitrogens is 1. The van der Waals surface area contributed by atoms with Crippen molar-refractivity contribution in [1.29, 1.82) is 0 Å². The summed E-state index contributed by atoms with van der Waals surface area (Å²) in [7, 11) is 0. The zero-order valence-corrected chi connectivity index (χ0v) is 12.8. The van der Waals surface area contributed by atoms with Crippen LogP contribution in [0, 0.1) is 5.82 Å². The number of pyridine rings is 1. The summed E-state index contributed by atoms with van der Waals surface area (Å²) in [6.45, 7) is 5.08. The Morgan fingerprint density at radius 1 is 1.45 bits per heavy atom. The number of hydrogen-bond donors (Lipinski definition) is 2. The Balaban J connectivity index is 2.17. The topological polar surface area (TPSA) is 88.5 Å². The lowest BCUT2D eigenvalue weighted by Gasteiger charge is -2.19. The van der Waals surface area contributed by atoms with Crippen LogP contribution in [-0.2, 0) is 9.53 Å². The first-order valence-electron chi connectivity index (χ1n) is 7.07. The number of carbonyl (C=O) groups is 2. The number of nitrogens with zero attached hydrogens (tertiary/aromatic N) is 1. The molecule has 0 aliphatic heterocycles. The van der Waals surface area contributed by atoms with Crippen LogP contribution in [0.15, 0.2) is 6.07 Å². The molecule has 0 aromatic carbocycles. The van der Waals surface area contributed by atoms with Gasteiger partial charge in [0, 0.05) is 6.04 Å². The second-order valence-corrected chi connectivity index (χ2v) is 6.29. The Bertz CT molecular complexity index is 606. The van der Waals surface area contributed by atoms with Gasteiger partial charge in [-0.3, -0.25) is 9.59 Å². The average Bonchev–Trinajstić information content (AvgIpc) is 3.14. The van der Waals surface area contributed by atoms with Crippen molar-refractivity contribution in [2.45, 2.75) is 51.7 Å². The normalized spacial score (nSPS) is 14.5. The minimum Gasteiger partial charge on any atom is -0.491 e. The second kappa shape index (κ2) is 5.90. The summed E-state index contributed by atoms with van der Waals surface area (Å²) in [4.78, 5) is 27.6. The fraction of sp³-hybridized carbons (Fsp3) is 0.533. The van der Waals surface area contributed by atoms with E-state index >= 15 is 0 Å². The zero-order chi connectivity index (χ0) is 16.5. The van der Waals surface area contributed by atoms with Crippen molar-refractivity contribution >= 4 is 17.6 Å². The molecule has 6 nitrogen and oxygen atoms in total. The lowest BCUT2D eigenvalue weighted by atomic mass is 10.1. The molecule has 1 aromatic heterocycles. The number of ether oxygens (including phenoxy) is 1. The van der Waals surface area contributed by atoms with Crippen molar-refractivity contribution in [3.8, 4) is 5.88 Å². The smallest absolute Gasteiger partial charge is 0.314 e. The number of anilines is 1. The van der Waals surface area contributed by atoms with E-state index in [1.165, 1.54) is 0 Å². The van der Waals surface area contributed by atoms with E-state index in [9.17, 15) is 19.1 Å². The lowest BCUT2D eigenvalue weighted by Crippen LogP contribution is -2.25. The summed E-state index contributed by atoms with van der Waals surface area (Å²) in [5.41, 5.74) is -0.765. The van der Waals surface area contributed by atoms with E-state index in [1.807, 2.05) is 0 Å². The molecular formula is C15H19FN2O4. The quantitative estimate of drug-likeness (QED) is 0.493. The Hall–Kier alpha value is -2.18. The van der Waals surface area contributed by atoms with Crippen LogP contribution in [0.2, 0.25) is 0 Å². The minimum atomic E-state index is -1.01. The van der Waals surface area contributed by atoms with E-state index < -0.39 is 35.5 Å². The first-order valence-corrected chi connectivity index (χ1v) is 7.07. The van der Waals surface area contributed by atoms with Gasteiger partial charge in [0.2, 0.25) is 5.88 Å². The molecule has 0 radical (unpaired) electrons. The number of ketones is 1. The van der Waals surface area contributed by atoms with Gasteiger partial charge in [-0.15, -0.1) is 0 Å². The standard InChI is InChI=1S/C15H19FN2O4/c1-15(2,3)22-12(20)7-11(19)9-6-10(16)14(21)18-13(9)17-8-4-5-8/h6,8H,4-5,7H2,1-3H3,(H2,17,18,21). The highest BCUT2D eigenvalue weighted by molar-refractivity contribution is 6.08. The summed E-state index contributed by atoms with van der Waals surface area (Å²) >= 11 is 0. The highest BCUT2D eigenvalue weighted by atomic mass is 19.1. The van der Waals surface area contributed by atoms with Gasteiger partial charge in [-0.25, -0.2) is 4.39 Å². The van der Waals surface area contributed by atoms with Gasteiger partial charge in [0.1, 0.15) is 17.8 Å². The maximum Gasteiger partial charge on any atom is 0.314 e. The molecule has 7 heteroatoms. The number of hydrogen-bond acceptors (Lipinski definition) is 6. The molecule has 0 bridgehead atoms. The van der Waals surface area contributed by atoms with Gasteiger partial charge in [0.15, 0.2) is 11.6 Å². The van der Waals surface area contributed by atoms with E-state index in [4.69, 9.17) is 4.74 Å². The van der Waals surface area contributed by atoms with Crippen LogP contribution >= 0.6 is 0 Å². The molecule has 0 spiro atoms. The fourth-order valence-electron chi connectivity index (χ4n) is 1.83. The van der Waals surface area contributed by atoms with Crippen LogP contribution in [0.25, 0.3) is 0 Å². The predicted octanol–water partition coefficient (Wildman–Crippen LogP) is 2.42. The van der Waals surface area contributed by atoms with Crippen molar-refractivity contribution in [3.63, 3.8) is 0 Å². The Morgan fingerprint density at radius 2 is 2.09 bits per heavy atom. The highest BCUT2D eigenvalue weighted by Crippen LogP contribution is 2.29. The zero-order valence-electron chi connectivity index (χ0n) is 12.8. The first kappa shape index (κ1) is 16.2. The molecule has 1 aliphatic carbocycles. The van der Waals surface area contributed by atoms with E-state index in [0.717, 1.165) is 18.9 Å². The summed E-state index contributed by atoms with van der Waals surface area (Å²) in [6.07, 6.45) is 1.32. The third-order valence-corrected chi connectivity index (χ3v) is 2.90. The van der Waals surface area contributed by atoms with Gasteiger partial charge in [0.05, 0.1) is 5.56 Å². The predicted molar refractivity (Wildman–Crippen MR) is 77.3 cm³/mol. The number of carbonyl (C=O) groups excluding carboxylic acids is 2. The number of rotatable bonds is 5. The van der Waals surface area contributed by atoms with Gasteiger partial charge in [-0.2, -0.15) is 4.98 Å². The monoisotopic (exact) mass is 310 g/mol. The molecule has 0 unspecified atom stereocenters. The van der Waals surface area contributed by atoms with Crippen LogP contribution in [0.4, 0.5) is 10.2 Å². The van der Waals surface area contributed by atoms with Gasteiger partial charge in [0.25, 0.3) is 0 Å². The first-order chi connectivity index (χ1) is 10.2. The van der Waals surface area contributed by atoms with Gasteiger partial charge in [-0.1, -0.05) is 0 Å². The average molecular weight is 310 g/mol. The SMILES string of the molecule is CC(C)(C)OC(=O)CC(=O)c1cc(F)c(O)nc1NC1CC1. The maximum absolute atomic E-state index is 13.5. The molecule has 2 N–H and O–H groups in total. The third-order valence-electron chi connectivity index (χ3n) is 2.90. The van der Waals surface area contributed by atoms with Crippen LogP contribution < -0.4 is 5.32 Å². The Morgan fingerprint density at radius 3 is 2.64 bits per heavy atom. The van der Waals surface area contributed by atoms with E-state index in [-0.39, 0.29) is 17.4 Å². The number of Topliss-reactive ketones (excluding diaryl/α,β-unsaturated/α-hetero) is 1. The molecule has 22 heavy (non-hydrogen) atoms. The summed E-state index contributed by atoms with van der Waals surface area (Å²) in [5.74, 6) is -2.99. The molecule has 120 valence electrons. The third kappa shape index (κ3) is 4.41. The lowest BCUT2D eigenvalue weighted by molar-refractivity contribution is -0.153. The molecule has 0 saturated heterocycles. The molecule has 1 fully saturated rings. The fourth-order valence-corrected chi connectivity index (χ4v) is 1.83. The van der Waals surface area contributed by atoms with E-state index in [1.54, 1.807) is 20.8 Å². The number of nitrogens with one attached hydrogen (secondary N) is 1. The molecule has 1 aliphatic rings. The van der Waals surface area contributed by atoms with Crippen LogP contribution in [0.3, 0.4) is 0 Å². The molecule has 0 amide bonds. The number of aromatic hydroxyl groups is 1. The Labute approximate surface area is 127 Å². The van der Waals surface area contributed by atoms with Crippen LogP contribution in [0.5, 0.6) is 5.88 Å². The largest absolute Gasteiger partial charge is 0.491 e. The van der Waals surface area contributed by atoms with Gasteiger partial charge in [-0.05, 0) is 39.7 Å². The van der Waals surface area contributed by atoms with E-state index in [0.29, 0.717) is 0 Å². The molecule has 1 aromatic rings. The molecule has 1 saturated carbocycles. The van der Waals surface area contributed by atoms with Gasteiger partial charge >= 0.3 is 5.97 Å². The molecule has 0 atom stereocenters. The molecule has 1 heterocycles. The van der Waals surface area contributed by atoms with Gasteiger partial charge < -0.3 is 15.2 Å². The van der Waals surface area contributed by atoms with E-state index in [2.05, 4.69) is 10.3 Å². The number of halogens is 1. The summed E-state index contributed by atoms with van der Waals surface area (Å²) in [5, 5.41) is 12.3. The second-order valence-electron chi connectivity index (χ2n) is 6.29. The molecular weight excluding hydrogens is 291 g/mol. The highest BCUT2D eigenvalue weighted by Gasteiger charge is 2.27. The van der Waals surface area contributed by atoms with Crippen molar-refractivity contribution in [1.82, 2.24) is 4.98 Å². The summed E-state index contributed by atoms with van der Waals surface area (Å²) < 4.78 is 18.5. The van der Waals surface area contributed by atoms with Crippen molar-refractivity contribution in [2.24, 2.45) is 0 Å². The minimum absolute atomic E-state index is 0.0620. The number of esters is 1. The summed E-state index contributed by atoms with van der Waals surface area (Å²) in [6, 6.07) is 1.05. The van der Waals surface area contributed by atoms with Crippen molar-refractivity contribution < 1.29 is 23.8 Å². The van der Waals surface area contributed by atoms with Crippen LogP contribution in [0.1, 0.15) is 50.4 Å². The molecule has 2 rings (SSSR count). The van der Waals surface area contributed by atoms with Crippen molar-refractivity contribution in [3.05, 3.63) is 17.4 Å². The maximum atomic E-state index is 13.5.